The van der Waals surface area contributed by atoms with Crippen LogP contribution in [0.1, 0.15) is 45.2 Å². The molecule has 2 aliphatic rings. The van der Waals surface area contributed by atoms with Crippen LogP contribution in [0, 0.1) is 9.49 Å². The summed E-state index contributed by atoms with van der Waals surface area (Å²) < 4.78 is 1.23. The zero-order valence-corrected chi connectivity index (χ0v) is 17.8. The molecule has 3 heteroatoms. The standard InChI is InChI=1S/C20H22INO.C2H6/c1-3-15(2)10-19-6-4-5-9-22(19)20(14-23)12-16-7-8-18(21)11-17(16)13-20;1-2/h4-11,14-15H,3,12-13H2,1-2H3;1-2H3/b19-10+;. The van der Waals surface area contributed by atoms with Gasteiger partial charge in [0.2, 0.25) is 0 Å². The molecule has 0 amide bonds. The van der Waals surface area contributed by atoms with Crippen molar-refractivity contribution in [3.63, 3.8) is 0 Å². The van der Waals surface area contributed by atoms with Crippen LogP contribution in [0.5, 0.6) is 0 Å². The summed E-state index contributed by atoms with van der Waals surface area (Å²) in [4.78, 5) is 14.3. The van der Waals surface area contributed by atoms with E-state index >= 15 is 0 Å². The van der Waals surface area contributed by atoms with Gasteiger partial charge in [-0.2, -0.15) is 0 Å². The quantitative estimate of drug-likeness (QED) is 0.436. The van der Waals surface area contributed by atoms with Gasteiger partial charge in [0.05, 0.1) is 0 Å². The lowest BCUT2D eigenvalue weighted by Crippen LogP contribution is -2.48. The minimum absolute atomic E-state index is 0.493. The predicted octanol–water partition coefficient (Wildman–Crippen LogP) is 5.67. The Balaban J connectivity index is 0.00000109. The first-order chi connectivity index (χ1) is 12.1. The minimum Gasteiger partial charge on any atom is -0.335 e. The third kappa shape index (κ3) is 4.25. The first kappa shape index (κ1) is 20.0. The number of hydrogen-bond acceptors (Lipinski definition) is 2. The Bertz CT molecular complexity index is 704. The highest BCUT2D eigenvalue weighted by atomic mass is 127. The van der Waals surface area contributed by atoms with Crippen LogP contribution in [0.4, 0.5) is 0 Å². The molecule has 0 saturated carbocycles. The summed E-state index contributed by atoms with van der Waals surface area (Å²) in [6.07, 6.45) is 14.3. The van der Waals surface area contributed by atoms with Crippen molar-refractivity contribution in [2.24, 2.45) is 5.92 Å². The number of nitrogens with zero attached hydrogens (tertiary/aromatic N) is 1. The molecule has 2 nitrogen and oxygen atoms in total. The maximum atomic E-state index is 12.2. The summed E-state index contributed by atoms with van der Waals surface area (Å²) in [5, 5.41) is 0. The fraction of sp³-hybridized carbons (Fsp3) is 0.409. The van der Waals surface area contributed by atoms with Gasteiger partial charge in [-0.3, -0.25) is 0 Å². The van der Waals surface area contributed by atoms with Gasteiger partial charge in [-0.15, -0.1) is 0 Å². The van der Waals surface area contributed by atoms with Crippen molar-refractivity contribution >= 4 is 28.9 Å². The molecule has 0 radical (unpaired) electrons. The Morgan fingerprint density at radius 2 is 1.96 bits per heavy atom. The summed E-state index contributed by atoms with van der Waals surface area (Å²) in [5.74, 6) is 0.497. The van der Waals surface area contributed by atoms with Gasteiger partial charge in [0.25, 0.3) is 0 Å². The van der Waals surface area contributed by atoms with Gasteiger partial charge in [-0.1, -0.05) is 52.3 Å². The van der Waals surface area contributed by atoms with E-state index in [1.807, 2.05) is 26.0 Å². The van der Waals surface area contributed by atoms with Crippen LogP contribution in [0.15, 0.2) is 54.4 Å². The molecule has 0 spiro atoms. The van der Waals surface area contributed by atoms with Gasteiger partial charge in [0, 0.05) is 28.3 Å². The SMILES string of the molecule is CC.CCC(C)/C=C1\C=CC=CN1C1(C=O)Cc2ccc(I)cc2C1. The highest BCUT2D eigenvalue weighted by Crippen LogP contribution is 2.38. The smallest absolute Gasteiger partial charge is 0.146 e. The fourth-order valence-electron chi connectivity index (χ4n) is 3.37. The van der Waals surface area contributed by atoms with Gasteiger partial charge in [-0.05, 0) is 63.9 Å². The van der Waals surface area contributed by atoms with Crippen LogP contribution in [0.3, 0.4) is 0 Å². The van der Waals surface area contributed by atoms with Crippen LogP contribution < -0.4 is 0 Å². The fourth-order valence-corrected chi connectivity index (χ4v) is 3.93. The van der Waals surface area contributed by atoms with E-state index in [-0.39, 0.29) is 0 Å². The number of hydrogen-bond donors (Lipinski definition) is 0. The molecule has 0 fully saturated rings. The lowest BCUT2D eigenvalue weighted by molar-refractivity contribution is -0.115. The van der Waals surface area contributed by atoms with Crippen molar-refractivity contribution in [3.8, 4) is 0 Å². The third-order valence-corrected chi connectivity index (χ3v) is 5.52. The predicted molar refractivity (Wildman–Crippen MR) is 114 cm³/mol. The highest BCUT2D eigenvalue weighted by Gasteiger charge is 2.42. The van der Waals surface area contributed by atoms with Crippen molar-refractivity contribution < 1.29 is 4.79 Å². The van der Waals surface area contributed by atoms with Crippen molar-refractivity contribution in [2.75, 3.05) is 0 Å². The van der Waals surface area contributed by atoms with Crippen molar-refractivity contribution in [3.05, 3.63) is 69.1 Å². The Morgan fingerprint density at radius 1 is 1.24 bits per heavy atom. The van der Waals surface area contributed by atoms with E-state index in [4.69, 9.17) is 0 Å². The lowest BCUT2D eigenvalue weighted by Gasteiger charge is -2.38. The number of carbonyl (C=O) groups is 1. The van der Waals surface area contributed by atoms with E-state index in [0.717, 1.165) is 31.2 Å². The molecule has 0 aromatic heterocycles. The summed E-state index contributed by atoms with van der Waals surface area (Å²) in [7, 11) is 0. The van der Waals surface area contributed by atoms with Crippen molar-refractivity contribution in [2.45, 2.75) is 52.5 Å². The highest BCUT2D eigenvalue weighted by molar-refractivity contribution is 14.1. The molecule has 1 aliphatic heterocycles. The Hall–Kier alpha value is -1.36. The Labute approximate surface area is 165 Å². The molecule has 134 valence electrons. The molecular weight excluding hydrogens is 421 g/mol. The van der Waals surface area contributed by atoms with Gasteiger partial charge >= 0.3 is 0 Å². The van der Waals surface area contributed by atoms with Crippen molar-refractivity contribution in [1.82, 2.24) is 4.90 Å². The van der Waals surface area contributed by atoms with Crippen LogP contribution in [0.25, 0.3) is 0 Å². The second-order valence-electron chi connectivity index (χ2n) is 6.54. The van der Waals surface area contributed by atoms with Crippen LogP contribution in [-0.4, -0.2) is 16.7 Å². The van der Waals surface area contributed by atoms with E-state index in [1.54, 1.807) is 0 Å². The second-order valence-corrected chi connectivity index (χ2v) is 7.78. The molecule has 1 aromatic rings. The number of fused-ring (bicyclic) bond motifs is 1. The zero-order chi connectivity index (χ0) is 18.4. The topological polar surface area (TPSA) is 20.3 Å². The summed E-state index contributed by atoms with van der Waals surface area (Å²) >= 11 is 2.34. The Kier molecular flexibility index (Phi) is 7.05. The molecule has 0 bridgehead atoms. The normalized spacial score (nSPS) is 23.9. The van der Waals surface area contributed by atoms with E-state index in [0.29, 0.717) is 5.92 Å². The lowest BCUT2D eigenvalue weighted by atomic mass is 9.93. The average Bonchev–Trinajstić information content (AvgIpc) is 3.02. The van der Waals surface area contributed by atoms with Crippen LogP contribution in [0.2, 0.25) is 0 Å². The second kappa shape index (κ2) is 8.84. The summed E-state index contributed by atoms with van der Waals surface area (Å²) in [5.41, 5.74) is 3.24. The molecule has 3 rings (SSSR count). The molecule has 1 aromatic carbocycles. The number of allylic oxidation sites excluding steroid dienone is 4. The van der Waals surface area contributed by atoms with E-state index < -0.39 is 5.54 Å². The molecule has 0 saturated heterocycles. The van der Waals surface area contributed by atoms with Crippen LogP contribution in [-0.2, 0) is 17.6 Å². The maximum Gasteiger partial charge on any atom is 0.146 e. The molecule has 2 unspecified atom stereocenters. The number of aldehydes is 1. The molecule has 0 N–H and O–H groups in total. The van der Waals surface area contributed by atoms with E-state index in [2.05, 4.69) is 77.9 Å². The first-order valence-electron chi connectivity index (χ1n) is 9.17. The zero-order valence-electron chi connectivity index (χ0n) is 15.6. The largest absolute Gasteiger partial charge is 0.335 e. The van der Waals surface area contributed by atoms with Gasteiger partial charge in [0.1, 0.15) is 11.8 Å². The van der Waals surface area contributed by atoms with Crippen LogP contribution >= 0.6 is 22.6 Å². The third-order valence-electron chi connectivity index (χ3n) is 4.85. The molecular formula is C22H28INO. The number of rotatable bonds is 4. The van der Waals surface area contributed by atoms with Gasteiger partial charge in [-0.25, -0.2) is 0 Å². The molecule has 1 aliphatic carbocycles. The molecule has 25 heavy (non-hydrogen) atoms. The Morgan fingerprint density at radius 3 is 2.64 bits per heavy atom. The van der Waals surface area contributed by atoms with Crippen molar-refractivity contribution in [1.29, 1.82) is 0 Å². The summed E-state index contributed by atoms with van der Waals surface area (Å²) in [6, 6.07) is 6.51. The number of benzene rings is 1. The average molecular weight is 449 g/mol. The van der Waals surface area contributed by atoms with E-state index in [1.165, 1.54) is 14.7 Å². The van der Waals surface area contributed by atoms with Gasteiger partial charge < -0.3 is 9.69 Å². The van der Waals surface area contributed by atoms with Gasteiger partial charge in [0.15, 0.2) is 0 Å². The number of carbonyl (C=O) groups excluding carboxylic acids is 1. The van der Waals surface area contributed by atoms with E-state index in [9.17, 15) is 4.79 Å². The molecule has 1 heterocycles. The molecule has 2 atom stereocenters. The maximum absolute atomic E-state index is 12.2. The summed E-state index contributed by atoms with van der Waals surface area (Å²) in [6.45, 7) is 8.41. The minimum atomic E-state index is -0.493. The monoisotopic (exact) mass is 449 g/mol. The first-order valence-corrected chi connectivity index (χ1v) is 10.3. The number of halogens is 1.